The standard InChI is InChI=1S/C10H14N2O/c1-11-9-6-4-3-5-8(9)7-10(13)12-2/h3-6,11H,7H2,1-2H3,(H,12,13). The highest BCUT2D eigenvalue weighted by Crippen LogP contribution is 2.14. The fourth-order valence-corrected chi connectivity index (χ4v) is 1.18. The van der Waals surface area contributed by atoms with E-state index in [0.717, 1.165) is 11.3 Å². The summed E-state index contributed by atoms with van der Waals surface area (Å²) in [5.74, 6) is 0.0303. The molecule has 70 valence electrons. The first kappa shape index (κ1) is 9.58. The van der Waals surface area contributed by atoms with Gasteiger partial charge in [-0.2, -0.15) is 0 Å². The minimum atomic E-state index is 0.0303. The van der Waals surface area contributed by atoms with Crippen molar-refractivity contribution in [2.75, 3.05) is 19.4 Å². The number of benzene rings is 1. The highest BCUT2D eigenvalue weighted by molar-refractivity contribution is 5.80. The minimum Gasteiger partial charge on any atom is -0.388 e. The quantitative estimate of drug-likeness (QED) is 0.725. The Morgan fingerprint density at radius 2 is 2.00 bits per heavy atom. The minimum absolute atomic E-state index is 0.0303. The van der Waals surface area contributed by atoms with Gasteiger partial charge in [-0.3, -0.25) is 4.79 Å². The van der Waals surface area contributed by atoms with E-state index < -0.39 is 0 Å². The van der Waals surface area contributed by atoms with Crippen molar-refractivity contribution in [1.82, 2.24) is 5.32 Å². The lowest BCUT2D eigenvalue weighted by molar-refractivity contribution is -0.119. The van der Waals surface area contributed by atoms with E-state index in [1.807, 2.05) is 31.3 Å². The number of carbonyl (C=O) groups is 1. The number of amides is 1. The van der Waals surface area contributed by atoms with Crippen molar-refractivity contribution in [2.24, 2.45) is 0 Å². The van der Waals surface area contributed by atoms with Gasteiger partial charge in [-0.05, 0) is 11.6 Å². The highest BCUT2D eigenvalue weighted by atomic mass is 16.1. The number of hydrogen-bond acceptors (Lipinski definition) is 2. The molecule has 1 amide bonds. The molecule has 3 nitrogen and oxygen atoms in total. The first-order chi connectivity index (χ1) is 6.27. The average molecular weight is 178 g/mol. The van der Waals surface area contributed by atoms with Crippen molar-refractivity contribution in [1.29, 1.82) is 0 Å². The van der Waals surface area contributed by atoms with Crippen LogP contribution in [0.15, 0.2) is 24.3 Å². The molecule has 0 aliphatic rings. The number of anilines is 1. The number of rotatable bonds is 3. The Morgan fingerprint density at radius 1 is 1.31 bits per heavy atom. The Bertz CT molecular complexity index is 297. The third kappa shape index (κ3) is 2.47. The second-order valence-corrected chi connectivity index (χ2v) is 2.76. The summed E-state index contributed by atoms with van der Waals surface area (Å²) < 4.78 is 0. The van der Waals surface area contributed by atoms with Gasteiger partial charge in [-0.15, -0.1) is 0 Å². The number of likely N-dealkylation sites (N-methyl/N-ethyl adjacent to an activating group) is 1. The summed E-state index contributed by atoms with van der Waals surface area (Å²) in [7, 11) is 3.49. The van der Waals surface area contributed by atoms with Crippen molar-refractivity contribution in [3.05, 3.63) is 29.8 Å². The van der Waals surface area contributed by atoms with E-state index in [-0.39, 0.29) is 5.91 Å². The fraction of sp³-hybridized carbons (Fsp3) is 0.300. The summed E-state index contributed by atoms with van der Waals surface area (Å²) in [6.45, 7) is 0. The molecule has 0 saturated heterocycles. The molecule has 0 bridgehead atoms. The second kappa shape index (κ2) is 4.50. The summed E-state index contributed by atoms with van der Waals surface area (Å²) in [6, 6.07) is 7.78. The maximum Gasteiger partial charge on any atom is 0.224 e. The summed E-state index contributed by atoms with van der Waals surface area (Å²) in [4.78, 5) is 11.1. The molecular weight excluding hydrogens is 164 g/mol. The lowest BCUT2D eigenvalue weighted by Gasteiger charge is -2.07. The summed E-state index contributed by atoms with van der Waals surface area (Å²) >= 11 is 0. The van der Waals surface area contributed by atoms with Crippen LogP contribution in [0.1, 0.15) is 5.56 Å². The third-order valence-corrected chi connectivity index (χ3v) is 1.92. The first-order valence-corrected chi connectivity index (χ1v) is 4.24. The summed E-state index contributed by atoms with van der Waals surface area (Å²) in [6.07, 6.45) is 0.424. The molecule has 1 rings (SSSR count). The molecule has 0 unspecified atom stereocenters. The SMILES string of the molecule is CNC(=O)Cc1ccccc1NC. The van der Waals surface area contributed by atoms with E-state index in [1.165, 1.54) is 0 Å². The van der Waals surface area contributed by atoms with Crippen molar-refractivity contribution in [3.63, 3.8) is 0 Å². The number of nitrogens with one attached hydrogen (secondary N) is 2. The third-order valence-electron chi connectivity index (χ3n) is 1.92. The molecule has 3 heteroatoms. The normalized spacial score (nSPS) is 9.38. The van der Waals surface area contributed by atoms with Crippen LogP contribution in [-0.4, -0.2) is 20.0 Å². The van der Waals surface area contributed by atoms with Gasteiger partial charge in [-0.1, -0.05) is 18.2 Å². The molecule has 13 heavy (non-hydrogen) atoms. The molecule has 0 spiro atoms. The first-order valence-electron chi connectivity index (χ1n) is 4.24. The molecule has 0 atom stereocenters. The van der Waals surface area contributed by atoms with Crippen LogP contribution in [0.2, 0.25) is 0 Å². The smallest absolute Gasteiger partial charge is 0.224 e. The van der Waals surface area contributed by atoms with Gasteiger partial charge < -0.3 is 10.6 Å². The van der Waals surface area contributed by atoms with Gasteiger partial charge in [0, 0.05) is 19.8 Å². The molecule has 0 heterocycles. The lowest BCUT2D eigenvalue weighted by Crippen LogP contribution is -2.20. The van der Waals surface area contributed by atoms with Crippen molar-refractivity contribution in [3.8, 4) is 0 Å². The number of hydrogen-bond donors (Lipinski definition) is 2. The molecule has 0 aliphatic heterocycles. The largest absolute Gasteiger partial charge is 0.388 e. The van der Waals surface area contributed by atoms with Crippen molar-refractivity contribution in [2.45, 2.75) is 6.42 Å². The van der Waals surface area contributed by atoms with Gasteiger partial charge in [0.25, 0.3) is 0 Å². The van der Waals surface area contributed by atoms with E-state index in [1.54, 1.807) is 7.05 Å². The van der Waals surface area contributed by atoms with Crippen LogP contribution in [0, 0.1) is 0 Å². The molecule has 0 fully saturated rings. The van der Waals surface area contributed by atoms with Gasteiger partial charge in [0.1, 0.15) is 0 Å². The van der Waals surface area contributed by atoms with Crippen LogP contribution in [0.4, 0.5) is 5.69 Å². The summed E-state index contributed by atoms with van der Waals surface area (Å²) in [5, 5.41) is 5.64. The monoisotopic (exact) mass is 178 g/mol. The van der Waals surface area contributed by atoms with Crippen LogP contribution >= 0.6 is 0 Å². The summed E-state index contributed by atoms with van der Waals surface area (Å²) in [5.41, 5.74) is 2.02. The highest BCUT2D eigenvalue weighted by Gasteiger charge is 2.03. The molecule has 0 saturated carbocycles. The van der Waals surface area contributed by atoms with Gasteiger partial charge in [-0.25, -0.2) is 0 Å². The van der Waals surface area contributed by atoms with E-state index >= 15 is 0 Å². The Morgan fingerprint density at radius 3 is 2.62 bits per heavy atom. The molecule has 1 aromatic rings. The van der Waals surface area contributed by atoms with Crippen LogP contribution in [0.3, 0.4) is 0 Å². The number of carbonyl (C=O) groups excluding carboxylic acids is 1. The van der Waals surface area contributed by atoms with Crippen molar-refractivity contribution >= 4 is 11.6 Å². The molecule has 0 radical (unpaired) electrons. The Kier molecular flexibility index (Phi) is 3.31. The predicted molar refractivity (Wildman–Crippen MR) is 53.8 cm³/mol. The molecular formula is C10H14N2O. The van der Waals surface area contributed by atoms with Gasteiger partial charge >= 0.3 is 0 Å². The maximum atomic E-state index is 11.1. The zero-order valence-electron chi connectivity index (χ0n) is 7.92. The van der Waals surface area contributed by atoms with Crippen LogP contribution in [-0.2, 0) is 11.2 Å². The second-order valence-electron chi connectivity index (χ2n) is 2.76. The Hall–Kier alpha value is -1.51. The van der Waals surface area contributed by atoms with Crippen LogP contribution in [0.5, 0.6) is 0 Å². The van der Waals surface area contributed by atoms with Crippen LogP contribution in [0.25, 0.3) is 0 Å². The van der Waals surface area contributed by atoms with E-state index in [4.69, 9.17) is 0 Å². The average Bonchev–Trinajstić information content (AvgIpc) is 2.18. The molecule has 2 N–H and O–H groups in total. The van der Waals surface area contributed by atoms with E-state index in [0.29, 0.717) is 6.42 Å². The molecule has 0 aliphatic carbocycles. The van der Waals surface area contributed by atoms with Crippen molar-refractivity contribution < 1.29 is 4.79 Å². The van der Waals surface area contributed by atoms with Gasteiger partial charge in [0.05, 0.1) is 6.42 Å². The predicted octanol–water partition coefficient (Wildman–Crippen LogP) is 1.02. The van der Waals surface area contributed by atoms with E-state index in [2.05, 4.69) is 10.6 Å². The lowest BCUT2D eigenvalue weighted by atomic mass is 10.1. The fourth-order valence-electron chi connectivity index (χ4n) is 1.18. The van der Waals surface area contributed by atoms with E-state index in [9.17, 15) is 4.79 Å². The Labute approximate surface area is 78.2 Å². The zero-order chi connectivity index (χ0) is 9.68. The Balaban J connectivity index is 2.81. The van der Waals surface area contributed by atoms with Crippen LogP contribution < -0.4 is 10.6 Å². The van der Waals surface area contributed by atoms with Gasteiger partial charge in [0.15, 0.2) is 0 Å². The molecule has 1 aromatic carbocycles. The van der Waals surface area contributed by atoms with Gasteiger partial charge in [0.2, 0.25) is 5.91 Å². The maximum absolute atomic E-state index is 11.1. The number of para-hydroxylation sites is 1. The molecule has 0 aromatic heterocycles. The topological polar surface area (TPSA) is 41.1 Å². The zero-order valence-corrected chi connectivity index (χ0v) is 7.92.